The van der Waals surface area contributed by atoms with Crippen LogP contribution in [0.25, 0.3) is 0 Å². The molecule has 1 aliphatic heterocycles. The summed E-state index contributed by atoms with van der Waals surface area (Å²) in [5.74, 6) is 3.26. The summed E-state index contributed by atoms with van der Waals surface area (Å²) in [6.45, 7) is 6.61. The molecule has 4 atom stereocenters. The van der Waals surface area contributed by atoms with E-state index in [9.17, 15) is 23.8 Å². The zero-order chi connectivity index (χ0) is 26.7. The Morgan fingerprint density at radius 1 is 1.19 bits per heavy atom. The molecule has 1 fully saturated rings. The van der Waals surface area contributed by atoms with Gasteiger partial charge in [0.25, 0.3) is 11.8 Å². The van der Waals surface area contributed by atoms with Gasteiger partial charge in [-0.15, -0.1) is 0 Å². The molecule has 0 spiro atoms. The molecule has 2 aromatic carbocycles. The van der Waals surface area contributed by atoms with Crippen molar-refractivity contribution in [3.8, 4) is 23.3 Å². The Balaban J connectivity index is 1.79. The molecule has 0 aromatic heterocycles. The molecule has 1 aliphatic rings. The van der Waals surface area contributed by atoms with Gasteiger partial charge in [0.1, 0.15) is 12.7 Å². The van der Waals surface area contributed by atoms with Gasteiger partial charge in [0, 0.05) is 42.5 Å². The highest BCUT2D eigenvalue weighted by Gasteiger charge is 2.48. The molecule has 2 N–H and O–H groups in total. The first-order chi connectivity index (χ1) is 16.9. The first-order valence-electron chi connectivity index (χ1n) is 11.8. The van der Waals surface area contributed by atoms with Crippen molar-refractivity contribution in [1.82, 2.24) is 4.90 Å². The van der Waals surface area contributed by atoms with Crippen molar-refractivity contribution >= 4 is 5.91 Å². The lowest BCUT2D eigenvalue weighted by Gasteiger charge is -2.33. The van der Waals surface area contributed by atoms with Crippen molar-refractivity contribution in [2.24, 2.45) is 5.41 Å². The summed E-state index contributed by atoms with van der Waals surface area (Å²) in [7, 11) is 1.52. The molecule has 0 radical (unpaired) electrons. The molecule has 1 saturated heterocycles. The van der Waals surface area contributed by atoms with Gasteiger partial charge in [-0.25, -0.2) is 8.78 Å². The molecule has 0 saturated carbocycles. The number of hydrogen-bond donors (Lipinski definition) is 2. The van der Waals surface area contributed by atoms with E-state index in [0.717, 1.165) is 12.5 Å². The van der Waals surface area contributed by atoms with Gasteiger partial charge in [-0.2, -0.15) is 0 Å². The number of carbonyl (C=O) groups is 1. The van der Waals surface area contributed by atoms with Gasteiger partial charge in [-0.05, 0) is 43.7 Å². The predicted octanol–water partition coefficient (Wildman–Crippen LogP) is 3.93. The summed E-state index contributed by atoms with van der Waals surface area (Å²) in [4.78, 5) is 14.0. The summed E-state index contributed by atoms with van der Waals surface area (Å²) in [5, 5.41) is 20.4. The van der Waals surface area contributed by atoms with Crippen LogP contribution in [0.4, 0.5) is 8.78 Å². The zero-order valence-electron chi connectivity index (χ0n) is 21.2. The normalized spacial score (nSPS) is 21.4. The van der Waals surface area contributed by atoms with Crippen molar-refractivity contribution in [1.29, 1.82) is 0 Å². The smallest absolute Gasteiger partial charge is 0.270 e. The molecule has 194 valence electrons. The fourth-order valence-corrected chi connectivity index (χ4v) is 4.48. The second-order valence-corrected chi connectivity index (χ2v) is 9.60. The minimum atomic E-state index is -2.90. The highest BCUT2D eigenvalue weighted by Crippen LogP contribution is 2.47. The number of hydrogen-bond acceptors (Lipinski definition) is 5. The molecule has 0 unspecified atom stereocenters. The van der Waals surface area contributed by atoms with Crippen LogP contribution in [0.15, 0.2) is 42.5 Å². The maximum absolute atomic E-state index is 13.4. The number of methoxy groups -OCH3 is 1. The molecule has 36 heavy (non-hydrogen) atoms. The monoisotopic (exact) mass is 501 g/mol. The van der Waals surface area contributed by atoms with E-state index < -0.39 is 23.5 Å². The SMILES string of the molecule is COc1ccc([C@@H]2CN(C(=O)[C@H](C)O)C[C@@]2(C)[C@@H](C)O)cc1OCC#Cc1ccc(C(C)(F)F)cc1. The van der Waals surface area contributed by atoms with Crippen LogP contribution in [-0.4, -0.2) is 60.0 Å². The molecular formula is C28H33F2NO5. The average Bonchev–Trinajstić information content (AvgIpc) is 3.19. The maximum atomic E-state index is 13.4. The van der Waals surface area contributed by atoms with Crippen molar-refractivity contribution in [2.75, 3.05) is 26.8 Å². The molecule has 0 bridgehead atoms. The second kappa shape index (κ2) is 10.9. The van der Waals surface area contributed by atoms with Crippen LogP contribution < -0.4 is 9.47 Å². The third-order valence-electron chi connectivity index (χ3n) is 6.87. The van der Waals surface area contributed by atoms with Crippen LogP contribution in [0.1, 0.15) is 50.3 Å². The van der Waals surface area contributed by atoms with Gasteiger partial charge < -0.3 is 24.6 Å². The number of halogens is 2. The molecule has 1 heterocycles. The van der Waals surface area contributed by atoms with E-state index in [0.29, 0.717) is 30.2 Å². The van der Waals surface area contributed by atoms with Crippen molar-refractivity contribution < 1.29 is 33.3 Å². The van der Waals surface area contributed by atoms with Crippen LogP contribution in [0.3, 0.4) is 0 Å². The van der Waals surface area contributed by atoms with Gasteiger partial charge in [-0.1, -0.05) is 37.0 Å². The van der Waals surface area contributed by atoms with Crippen molar-refractivity contribution in [3.05, 3.63) is 59.2 Å². The Labute approximate surface area is 210 Å². The summed E-state index contributed by atoms with van der Waals surface area (Å²) in [5.41, 5.74) is 0.751. The van der Waals surface area contributed by atoms with E-state index in [1.54, 1.807) is 17.9 Å². The van der Waals surface area contributed by atoms with Crippen LogP contribution in [0.2, 0.25) is 0 Å². The van der Waals surface area contributed by atoms with Crippen LogP contribution >= 0.6 is 0 Å². The fraction of sp³-hybridized carbons (Fsp3) is 0.464. The number of benzene rings is 2. The van der Waals surface area contributed by atoms with Crippen LogP contribution in [0, 0.1) is 17.3 Å². The Hall–Kier alpha value is -3.15. The lowest BCUT2D eigenvalue weighted by Crippen LogP contribution is -2.40. The Kier molecular flexibility index (Phi) is 8.27. The van der Waals surface area contributed by atoms with Crippen LogP contribution in [0.5, 0.6) is 11.5 Å². The van der Waals surface area contributed by atoms with E-state index in [1.165, 1.54) is 38.3 Å². The largest absolute Gasteiger partial charge is 0.493 e. The van der Waals surface area contributed by atoms with Gasteiger partial charge in [0.15, 0.2) is 11.5 Å². The summed E-state index contributed by atoms with van der Waals surface area (Å²) in [6, 6.07) is 11.2. The lowest BCUT2D eigenvalue weighted by atomic mass is 9.72. The number of carbonyl (C=O) groups excluding carboxylic acids is 1. The Bertz CT molecular complexity index is 1130. The first kappa shape index (κ1) is 27.4. The number of alkyl halides is 2. The number of aliphatic hydroxyl groups excluding tert-OH is 2. The highest BCUT2D eigenvalue weighted by molar-refractivity contribution is 5.80. The van der Waals surface area contributed by atoms with Gasteiger partial charge >= 0.3 is 0 Å². The summed E-state index contributed by atoms with van der Waals surface area (Å²) in [6.07, 6.45) is -1.82. The number of ether oxygens (including phenoxy) is 2. The molecule has 3 rings (SSSR count). The first-order valence-corrected chi connectivity index (χ1v) is 11.8. The van der Waals surface area contributed by atoms with Gasteiger partial charge in [-0.3, -0.25) is 4.79 Å². The van der Waals surface area contributed by atoms with E-state index in [-0.39, 0.29) is 24.0 Å². The fourth-order valence-electron chi connectivity index (χ4n) is 4.48. The highest BCUT2D eigenvalue weighted by atomic mass is 19.3. The van der Waals surface area contributed by atoms with Crippen molar-refractivity contribution in [3.63, 3.8) is 0 Å². The quantitative estimate of drug-likeness (QED) is 0.562. The molecule has 1 amide bonds. The molecule has 0 aliphatic carbocycles. The number of rotatable bonds is 7. The summed E-state index contributed by atoms with van der Waals surface area (Å²) < 4.78 is 38.0. The number of likely N-dealkylation sites (tertiary alicyclic amines) is 1. The minimum absolute atomic E-state index is 0.0382. The second-order valence-electron chi connectivity index (χ2n) is 9.60. The van der Waals surface area contributed by atoms with E-state index in [4.69, 9.17) is 9.47 Å². The Morgan fingerprint density at radius 2 is 1.86 bits per heavy atom. The van der Waals surface area contributed by atoms with Gasteiger partial charge in [0.2, 0.25) is 0 Å². The Morgan fingerprint density at radius 3 is 2.42 bits per heavy atom. The zero-order valence-corrected chi connectivity index (χ0v) is 21.2. The average molecular weight is 502 g/mol. The topological polar surface area (TPSA) is 79.2 Å². The third-order valence-corrected chi connectivity index (χ3v) is 6.87. The number of nitrogens with zero attached hydrogens (tertiary/aromatic N) is 1. The lowest BCUT2D eigenvalue weighted by molar-refractivity contribution is -0.138. The standard InChI is InChI=1S/C28H33F2NO5/c1-18(32)26(34)31-16-23(27(3,17-31)19(2)33)21-10-13-24(35-5)25(15-21)36-14-6-7-20-8-11-22(12-9-20)28(4,29)30/h8-13,15,18-19,23,32-33H,14,16-17H2,1-5H3/t18-,19+,23-,27-/m0/s1. The number of amides is 1. The van der Waals surface area contributed by atoms with Crippen LogP contribution in [-0.2, 0) is 10.7 Å². The summed E-state index contributed by atoms with van der Waals surface area (Å²) >= 11 is 0. The maximum Gasteiger partial charge on any atom is 0.270 e. The number of aliphatic hydroxyl groups is 2. The van der Waals surface area contributed by atoms with E-state index in [2.05, 4.69) is 11.8 Å². The minimum Gasteiger partial charge on any atom is -0.493 e. The predicted molar refractivity (Wildman–Crippen MR) is 132 cm³/mol. The molecular weight excluding hydrogens is 468 g/mol. The van der Waals surface area contributed by atoms with E-state index in [1.807, 2.05) is 19.1 Å². The molecule has 2 aromatic rings. The molecule has 6 nitrogen and oxygen atoms in total. The molecule has 8 heteroatoms. The van der Waals surface area contributed by atoms with Crippen molar-refractivity contribution in [2.45, 2.75) is 51.7 Å². The third kappa shape index (κ3) is 5.97. The van der Waals surface area contributed by atoms with Gasteiger partial charge in [0.05, 0.1) is 13.2 Å². The van der Waals surface area contributed by atoms with E-state index >= 15 is 0 Å².